The second-order valence-corrected chi connectivity index (χ2v) is 8.73. The molecule has 0 atom stereocenters. The topological polar surface area (TPSA) is 137 Å². The minimum absolute atomic E-state index is 0.0908. The summed E-state index contributed by atoms with van der Waals surface area (Å²) in [5.41, 5.74) is 6.76. The molecule has 0 saturated carbocycles. The molecule has 0 aromatic heterocycles. The molecule has 0 saturated heterocycles. The number of anilines is 2. The van der Waals surface area contributed by atoms with Crippen LogP contribution in [0.5, 0.6) is 11.5 Å². The van der Waals surface area contributed by atoms with E-state index in [2.05, 4.69) is 10.0 Å². The number of carbonyl (C=O) groups excluding carboxylic acids is 2. The van der Waals surface area contributed by atoms with Gasteiger partial charge in [-0.3, -0.25) is 14.3 Å². The lowest BCUT2D eigenvalue weighted by Gasteiger charge is -2.14. The van der Waals surface area contributed by atoms with Crippen LogP contribution in [0, 0.1) is 6.92 Å². The molecule has 0 spiro atoms. The summed E-state index contributed by atoms with van der Waals surface area (Å²) in [6.45, 7) is 1.68. The van der Waals surface area contributed by atoms with Crippen LogP contribution in [-0.2, 0) is 10.0 Å². The molecule has 9 nitrogen and oxygen atoms in total. The maximum Gasteiger partial charge on any atom is 0.261 e. The summed E-state index contributed by atoms with van der Waals surface area (Å²) in [5, 5.41) is 2.65. The largest absolute Gasteiger partial charge is 0.497 e. The van der Waals surface area contributed by atoms with Crippen molar-refractivity contribution in [3.05, 3.63) is 77.4 Å². The number of benzene rings is 3. The van der Waals surface area contributed by atoms with Crippen LogP contribution >= 0.6 is 0 Å². The predicted molar refractivity (Wildman–Crippen MR) is 124 cm³/mol. The number of primary amides is 1. The van der Waals surface area contributed by atoms with Gasteiger partial charge in [0, 0.05) is 16.8 Å². The Bertz CT molecular complexity index is 1300. The Hall–Kier alpha value is -4.05. The van der Waals surface area contributed by atoms with Crippen LogP contribution in [0.4, 0.5) is 11.4 Å². The van der Waals surface area contributed by atoms with E-state index in [1.807, 2.05) is 0 Å². The summed E-state index contributed by atoms with van der Waals surface area (Å²) in [7, 11) is -1.04. The zero-order valence-electron chi connectivity index (χ0n) is 18.2. The van der Waals surface area contributed by atoms with Crippen LogP contribution in [0.1, 0.15) is 26.3 Å². The number of ether oxygens (including phenoxy) is 2. The number of hydrogen-bond donors (Lipinski definition) is 3. The van der Waals surface area contributed by atoms with Gasteiger partial charge in [-0.05, 0) is 67.1 Å². The van der Waals surface area contributed by atoms with Crippen molar-refractivity contribution in [1.82, 2.24) is 0 Å². The van der Waals surface area contributed by atoms with Gasteiger partial charge < -0.3 is 20.5 Å². The summed E-state index contributed by atoms with van der Waals surface area (Å²) >= 11 is 0. The van der Waals surface area contributed by atoms with E-state index in [9.17, 15) is 18.0 Å². The zero-order chi connectivity index (χ0) is 24.2. The Labute approximate surface area is 191 Å². The zero-order valence-corrected chi connectivity index (χ0v) is 19.0. The molecule has 3 rings (SSSR count). The van der Waals surface area contributed by atoms with E-state index in [1.165, 1.54) is 50.6 Å². The van der Waals surface area contributed by atoms with Gasteiger partial charge in [0.25, 0.3) is 15.9 Å². The van der Waals surface area contributed by atoms with Gasteiger partial charge in [0.15, 0.2) is 0 Å². The first-order valence-electron chi connectivity index (χ1n) is 9.71. The Morgan fingerprint density at radius 1 is 0.909 bits per heavy atom. The van der Waals surface area contributed by atoms with E-state index in [4.69, 9.17) is 15.2 Å². The van der Waals surface area contributed by atoms with E-state index < -0.39 is 21.8 Å². The highest BCUT2D eigenvalue weighted by molar-refractivity contribution is 7.92. The van der Waals surface area contributed by atoms with Crippen molar-refractivity contribution in [1.29, 1.82) is 0 Å². The van der Waals surface area contributed by atoms with Gasteiger partial charge in [0.1, 0.15) is 11.5 Å². The number of nitrogens with two attached hydrogens (primary N) is 1. The van der Waals surface area contributed by atoms with Crippen molar-refractivity contribution < 1.29 is 27.5 Å². The van der Waals surface area contributed by atoms with Crippen molar-refractivity contribution in [2.24, 2.45) is 5.73 Å². The molecule has 0 aliphatic rings. The Kier molecular flexibility index (Phi) is 6.88. The molecule has 33 heavy (non-hydrogen) atoms. The van der Waals surface area contributed by atoms with E-state index >= 15 is 0 Å². The lowest BCUT2D eigenvalue weighted by Crippen LogP contribution is -2.18. The fourth-order valence-electron chi connectivity index (χ4n) is 3.03. The average molecular weight is 470 g/mol. The molecule has 0 aliphatic carbocycles. The number of nitrogens with one attached hydrogen (secondary N) is 2. The Morgan fingerprint density at radius 2 is 1.61 bits per heavy atom. The van der Waals surface area contributed by atoms with Crippen LogP contribution in [0.15, 0.2) is 65.6 Å². The normalized spacial score (nSPS) is 10.9. The molecule has 0 bridgehead atoms. The first-order chi connectivity index (χ1) is 15.6. The lowest BCUT2D eigenvalue weighted by molar-refractivity contribution is 0.0996. The van der Waals surface area contributed by atoms with E-state index in [0.717, 1.165) is 0 Å². The first kappa shape index (κ1) is 23.6. The van der Waals surface area contributed by atoms with E-state index in [-0.39, 0.29) is 21.7 Å². The fourth-order valence-corrected chi connectivity index (χ4v) is 4.12. The lowest BCUT2D eigenvalue weighted by atomic mass is 10.1. The molecule has 0 radical (unpaired) electrons. The van der Waals surface area contributed by atoms with Gasteiger partial charge in [-0.25, -0.2) is 8.42 Å². The molecular formula is C23H23N3O6S. The molecule has 10 heteroatoms. The number of aryl methyl sites for hydroxylation is 1. The summed E-state index contributed by atoms with van der Waals surface area (Å²) in [4.78, 5) is 24.4. The van der Waals surface area contributed by atoms with Crippen molar-refractivity contribution in [3.8, 4) is 11.5 Å². The van der Waals surface area contributed by atoms with Crippen molar-refractivity contribution >= 4 is 33.2 Å². The first-order valence-corrected chi connectivity index (χ1v) is 11.2. The summed E-state index contributed by atoms with van der Waals surface area (Å²) in [6, 6.07) is 15.0. The van der Waals surface area contributed by atoms with Crippen molar-refractivity contribution in [3.63, 3.8) is 0 Å². The summed E-state index contributed by atoms with van der Waals surface area (Å²) in [5.74, 6) is -0.338. The third kappa shape index (κ3) is 5.42. The molecular weight excluding hydrogens is 446 g/mol. The van der Waals surface area contributed by atoms with Crippen LogP contribution in [0.2, 0.25) is 0 Å². The summed E-state index contributed by atoms with van der Waals surface area (Å²) < 4.78 is 38.5. The maximum absolute atomic E-state index is 13.0. The van der Waals surface area contributed by atoms with Gasteiger partial charge in [0.05, 0.1) is 24.8 Å². The molecule has 172 valence electrons. The monoisotopic (exact) mass is 469 g/mol. The van der Waals surface area contributed by atoms with Crippen molar-refractivity contribution in [2.75, 3.05) is 24.3 Å². The van der Waals surface area contributed by atoms with Crippen LogP contribution < -0.4 is 25.2 Å². The van der Waals surface area contributed by atoms with Crippen LogP contribution in [0.3, 0.4) is 0 Å². The summed E-state index contributed by atoms with van der Waals surface area (Å²) in [6.07, 6.45) is 0. The van der Waals surface area contributed by atoms with E-state index in [1.54, 1.807) is 31.2 Å². The van der Waals surface area contributed by atoms with Crippen molar-refractivity contribution in [2.45, 2.75) is 11.8 Å². The third-order valence-corrected chi connectivity index (χ3v) is 6.22. The molecule has 0 fully saturated rings. The second kappa shape index (κ2) is 9.61. The standard InChI is InChI=1S/C23H23N3O6S/c1-14-4-10-18(33(29,30)26-16-6-8-17(31-2)9-7-16)13-19(14)23(28)25-20-12-15(22(24)27)5-11-21(20)32-3/h4-13,26H,1-3H3,(H2,24,27)(H,25,28). The number of sulfonamides is 1. The van der Waals surface area contributed by atoms with Crippen LogP contribution in [0.25, 0.3) is 0 Å². The average Bonchev–Trinajstić information content (AvgIpc) is 2.79. The molecule has 3 aromatic carbocycles. The Balaban J connectivity index is 1.90. The quantitative estimate of drug-likeness (QED) is 0.463. The molecule has 0 heterocycles. The highest BCUT2D eigenvalue weighted by Crippen LogP contribution is 2.27. The number of amides is 2. The predicted octanol–water partition coefficient (Wildman–Crippen LogP) is 3.16. The highest BCUT2D eigenvalue weighted by atomic mass is 32.2. The second-order valence-electron chi connectivity index (χ2n) is 7.04. The van der Waals surface area contributed by atoms with E-state index in [0.29, 0.717) is 22.7 Å². The smallest absolute Gasteiger partial charge is 0.261 e. The SMILES string of the molecule is COc1ccc(NS(=O)(=O)c2ccc(C)c(C(=O)Nc3cc(C(N)=O)ccc3OC)c2)cc1. The van der Waals surface area contributed by atoms with Gasteiger partial charge in [-0.1, -0.05) is 6.07 Å². The maximum atomic E-state index is 13.0. The Morgan fingerprint density at radius 3 is 2.21 bits per heavy atom. The number of methoxy groups -OCH3 is 2. The van der Waals surface area contributed by atoms with Gasteiger partial charge in [0.2, 0.25) is 5.91 Å². The third-order valence-electron chi connectivity index (χ3n) is 4.84. The molecule has 4 N–H and O–H groups in total. The number of rotatable bonds is 8. The minimum atomic E-state index is -3.97. The number of carbonyl (C=O) groups is 2. The van der Waals surface area contributed by atoms with Gasteiger partial charge in [-0.2, -0.15) is 0 Å². The number of hydrogen-bond acceptors (Lipinski definition) is 6. The molecule has 0 unspecified atom stereocenters. The van der Waals surface area contributed by atoms with Crippen LogP contribution in [-0.4, -0.2) is 34.5 Å². The minimum Gasteiger partial charge on any atom is -0.497 e. The fraction of sp³-hybridized carbons (Fsp3) is 0.130. The highest BCUT2D eigenvalue weighted by Gasteiger charge is 2.20. The molecule has 3 aromatic rings. The molecule has 2 amide bonds. The van der Waals surface area contributed by atoms with Gasteiger partial charge in [-0.15, -0.1) is 0 Å². The van der Waals surface area contributed by atoms with Gasteiger partial charge >= 0.3 is 0 Å². The molecule has 0 aliphatic heterocycles.